The standard InChI is InChI=1S/C17H25N3O4S/c1-13(17(22)20-11-5-3-4-6-12-20)19-25(23,24)16-9-7-15(8-10-16)18-14(2)21/h7-10,13,19H,3-6,11-12H2,1-2H3,(H,18,21). The second-order valence-electron chi connectivity index (χ2n) is 6.29. The first-order chi connectivity index (χ1) is 11.8. The highest BCUT2D eigenvalue weighted by Crippen LogP contribution is 2.15. The predicted octanol–water partition coefficient (Wildman–Crippen LogP) is 1.71. The number of likely N-dealkylation sites (tertiary alicyclic amines) is 1. The molecule has 0 spiro atoms. The Kier molecular flexibility index (Phi) is 6.55. The van der Waals surface area contributed by atoms with Crippen LogP contribution in [0.4, 0.5) is 5.69 Å². The molecule has 25 heavy (non-hydrogen) atoms. The van der Waals surface area contributed by atoms with Crippen LogP contribution in [0.25, 0.3) is 0 Å². The Balaban J connectivity index is 2.03. The number of nitrogens with zero attached hydrogens (tertiary/aromatic N) is 1. The number of sulfonamides is 1. The fourth-order valence-corrected chi connectivity index (χ4v) is 4.03. The quantitative estimate of drug-likeness (QED) is 0.828. The SMILES string of the molecule is CC(=O)Nc1ccc(S(=O)(=O)NC(C)C(=O)N2CCCCCC2)cc1. The summed E-state index contributed by atoms with van der Waals surface area (Å²) >= 11 is 0. The third-order valence-corrected chi connectivity index (χ3v) is 5.66. The van der Waals surface area contributed by atoms with Gasteiger partial charge >= 0.3 is 0 Å². The van der Waals surface area contributed by atoms with Gasteiger partial charge < -0.3 is 10.2 Å². The van der Waals surface area contributed by atoms with Crippen LogP contribution in [-0.2, 0) is 19.6 Å². The maximum atomic E-state index is 12.5. The molecular formula is C17H25N3O4S. The Labute approximate surface area is 148 Å². The molecule has 0 radical (unpaired) electrons. The molecule has 2 rings (SSSR count). The van der Waals surface area contributed by atoms with Crippen molar-refractivity contribution in [1.29, 1.82) is 0 Å². The summed E-state index contributed by atoms with van der Waals surface area (Å²) in [6, 6.07) is 5.00. The molecule has 1 aromatic rings. The van der Waals surface area contributed by atoms with Gasteiger partial charge in [-0.2, -0.15) is 4.72 Å². The van der Waals surface area contributed by atoms with Gasteiger partial charge in [0.1, 0.15) is 0 Å². The van der Waals surface area contributed by atoms with E-state index < -0.39 is 16.1 Å². The first-order valence-electron chi connectivity index (χ1n) is 8.48. The monoisotopic (exact) mass is 367 g/mol. The Morgan fingerprint density at radius 1 is 1.04 bits per heavy atom. The van der Waals surface area contributed by atoms with Crippen molar-refractivity contribution >= 4 is 27.5 Å². The van der Waals surface area contributed by atoms with Gasteiger partial charge in [-0.05, 0) is 44.0 Å². The molecule has 1 atom stereocenters. The fraction of sp³-hybridized carbons (Fsp3) is 0.529. The molecule has 1 aliphatic heterocycles. The van der Waals surface area contributed by atoms with Crippen LogP contribution in [0, 0.1) is 0 Å². The zero-order valence-corrected chi connectivity index (χ0v) is 15.4. The minimum absolute atomic E-state index is 0.0529. The lowest BCUT2D eigenvalue weighted by Gasteiger charge is -2.24. The topological polar surface area (TPSA) is 95.6 Å². The summed E-state index contributed by atoms with van der Waals surface area (Å²) in [5.74, 6) is -0.425. The Hall–Kier alpha value is -1.93. The van der Waals surface area contributed by atoms with Crippen LogP contribution in [0.3, 0.4) is 0 Å². The van der Waals surface area contributed by atoms with Crippen LogP contribution < -0.4 is 10.0 Å². The number of carbonyl (C=O) groups is 2. The Morgan fingerprint density at radius 3 is 2.12 bits per heavy atom. The van der Waals surface area contributed by atoms with Gasteiger partial charge in [0.15, 0.2) is 0 Å². The maximum Gasteiger partial charge on any atom is 0.241 e. The minimum atomic E-state index is -3.81. The Morgan fingerprint density at radius 2 is 1.60 bits per heavy atom. The van der Waals surface area contributed by atoms with Gasteiger partial charge in [-0.15, -0.1) is 0 Å². The van der Waals surface area contributed by atoms with E-state index >= 15 is 0 Å². The van der Waals surface area contributed by atoms with Gasteiger partial charge in [0.2, 0.25) is 21.8 Å². The number of hydrogen-bond donors (Lipinski definition) is 2. The van der Waals surface area contributed by atoms with Crippen molar-refractivity contribution in [3.8, 4) is 0 Å². The largest absolute Gasteiger partial charge is 0.341 e. The van der Waals surface area contributed by atoms with E-state index in [2.05, 4.69) is 10.0 Å². The molecule has 0 bridgehead atoms. The lowest BCUT2D eigenvalue weighted by Crippen LogP contribution is -2.47. The summed E-state index contributed by atoms with van der Waals surface area (Å²) < 4.78 is 27.4. The smallest absolute Gasteiger partial charge is 0.241 e. The summed E-state index contributed by atoms with van der Waals surface area (Å²) in [5, 5.41) is 2.58. The summed E-state index contributed by atoms with van der Waals surface area (Å²) in [6.07, 6.45) is 4.11. The molecular weight excluding hydrogens is 342 g/mol. The number of benzene rings is 1. The van der Waals surface area contributed by atoms with E-state index in [9.17, 15) is 18.0 Å². The summed E-state index contributed by atoms with van der Waals surface area (Å²) in [7, 11) is -3.81. The van der Waals surface area contributed by atoms with Crippen molar-refractivity contribution in [3.63, 3.8) is 0 Å². The molecule has 0 aromatic heterocycles. The van der Waals surface area contributed by atoms with E-state index in [-0.39, 0.29) is 16.7 Å². The van der Waals surface area contributed by atoms with Gasteiger partial charge in [0.05, 0.1) is 10.9 Å². The van der Waals surface area contributed by atoms with Crippen LogP contribution >= 0.6 is 0 Å². The third-order valence-electron chi connectivity index (χ3n) is 4.11. The average Bonchev–Trinajstić information content (AvgIpc) is 2.83. The fourth-order valence-electron chi connectivity index (χ4n) is 2.84. The zero-order valence-electron chi connectivity index (χ0n) is 14.6. The van der Waals surface area contributed by atoms with Crippen LogP contribution in [0.2, 0.25) is 0 Å². The molecule has 0 saturated carbocycles. The molecule has 0 aliphatic carbocycles. The van der Waals surface area contributed by atoms with Crippen molar-refractivity contribution in [3.05, 3.63) is 24.3 Å². The van der Waals surface area contributed by atoms with Crippen molar-refractivity contribution in [1.82, 2.24) is 9.62 Å². The molecule has 8 heteroatoms. The van der Waals surface area contributed by atoms with E-state index in [0.717, 1.165) is 25.7 Å². The number of anilines is 1. The van der Waals surface area contributed by atoms with E-state index in [1.165, 1.54) is 31.2 Å². The summed E-state index contributed by atoms with van der Waals surface area (Å²) in [5.41, 5.74) is 0.514. The zero-order chi connectivity index (χ0) is 18.4. The first kappa shape index (κ1) is 19.4. The van der Waals surface area contributed by atoms with Crippen LogP contribution in [0.15, 0.2) is 29.2 Å². The van der Waals surface area contributed by atoms with Crippen molar-refractivity contribution in [2.45, 2.75) is 50.5 Å². The number of hydrogen-bond acceptors (Lipinski definition) is 4. The van der Waals surface area contributed by atoms with E-state index in [1.807, 2.05) is 0 Å². The molecule has 2 amide bonds. The average molecular weight is 367 g/mol. The van der Waals surface area contributed by atoms with Gasteiger partial charge in [-0.25, -0.2) is 8.42 Å². The normalized spacial score (nSPS) is 16.8. The second kappa shape index (κ2) is 8.44. The molecule has 7 nitrogen and oxygen atoms in total. The minimum Gasteiger partial charge on any atom is -0.341 e. The molecule has 1 aliphatic rings. The van der Waals surface area contributed by atoms with Gasteiger partial charge in [0, 0.05) is 25.7 Å². The number of amides is 2. The highest BCUT2D eigenvalue weighted by Gasteiger charge is 2.26. The number of nitrogens with one attached hydrogen (secondary N) is 2. The van der Waals surface area contributed by atoms with E-state index in [4.69, 9.17) is 0 Å². The molecule has 1 unspecified atom stereocenters. The lowest BCUT2D eigenvalue weighted by atomic mass is 10.2. The van der Waals surface area contributed by atoms with Crippen molar-refractivity contribution in [2.24, 2.45) is 0 Å². The van der Waals surface area contributed by atoms with Crippen molar-refractivity contribution in [2.75, 3.05) is 18.4 Å². The predicted molar refractivity (Wildman–Crippen MR) is 95.6 cm³/mol. The third kappa shape index (κ3) is 5.54. The molecule has 2 N–H and O–H groups in total. The molecule has 138 valence electrons. The van der Waals surface area contributed by atoms with Gasteiger partial charge in [-0.3, -0.25) is 9.59 Å². The van der Waals surface area contributed by atoms with Gasteiger partial charge in [-0.1, -0.05) is 12.8 Å². The highest BCUT2D eigenvalue weighted by atomic mass is 32.2. The number of carbonyl (C=O) groups excluding carboxylic acids is 2. The van der Waals surface area contributed by atoms with E-state index in [1.54, 1.807) is 11.8 Å². The summed E-state index contributed by atoms with van der Waals surface area (Å²) in [4.78, 5) is 25.3. The molecule has 1 saturated heterocycles. The summed E-state index contributed by atoms with van der Waals surface area (Å²) in [6.45, 7) is 4.30. The van der Waals surface area contributed by atoms with Crippen LogP contribution in [0.1, 0.15) is 39.5 Å². The highest BCUT2D eigenvalue weighted by molar-refractivity contribution is 7.89. The van der Waals surface area contributed by atoms with Crippen LogP contribution in [0.5, 0.6) is 0 Å². The lowest BCUT2D eigenvalue weighted by molar-refractivity contribution is -0.132. The first-order valence-corrected chi connectivity index (χ1v) is 9.97. The van der Waals surface area contributed by atoms with E-state index in [0.29, 0.717) is 18.8 Å². The maximum absolute atomic E-state index is 12.5. The van der Waals surface area contributed by atoms with Crippen LogP contribution in [-0.4, -0.2) is 44.3 Å². The molecule has 1 aromatic carbocycles. The molecule has 1 heterocycles. The molecule has 1 fully saturated rings. The van der Waals surface area contributed by atoms with Gasteiger partial charge in [0.25, 0.3) is 0 Å². The van der Waals surface area contributed by atoms with Crippen molar-refractivity contribution < 1.29 is 18.0 Å². The Bertz CT molecular complexity index is 708. The number of rotatable bonds is 5. The second-order valence-corrected chi connectivity index (χ2v) is 8.00.